The number of rotatable bonds is 6. The highest BCUT2D eigenvalue weighted by Crippen LogP contribution is 2.37. The van der Waals surface area contributed by atoms with Gasteiger partial charge >= 0.3 is 0 Å². The highest BCUT2D eigenvalue weighted by Gasteiger charge is 2.22. The molecule has 0 atom stereocenters. The maximum atomic E-state index is 5.44. The molecule has 25 heavy (non-hydrogen) atoms. The van der Waals surface area contributed by atoms with Crippen molar-refractivity contribution in [2.45, 2.75) is 29.0 Å². The van der Waals surface area contributed by atoms with Crippen molar-refractivity contribution in [3.63, 3.8) is 0 Å². The quantitative estimate of drug-likeness (QED) is 0.631. The predicted octanol–water partition coefficient (Wildman–Crippen LogP) is 4.26. The molecule has 3 aromatic rings. The summed E-state index contributed by atoms with van der Waals surface area (Å²) in [5.41, 5.74) is 2.10. The zero-order chi connectivity index (χ0) is 16.6. The van der Waals surface area contributed by atoms with E-state index >= 15 is 0 Å². The fourth-order valence-electron chi connectivity index (χ4n) is 2.40. The van der Waals surface area contributed by atoms with Crippen molar-refractivity contribution >= 4 is 39.6 Å². The van der Waals surface area contributed by atoms with Crippen LogP contribution < -0.4 is 14.8 Å². The van der Waals surface area contributed by atoms with E-state index in [0.717, 1.165) is 43.0 Å². The van der Waals surface area contributed by atoms with Gasteiger partial charge in [-0.1, -0.05) is 23.1 Å². The topological polar surface area (TPSA) is 69.2 Å². The van der Waals surface area contributed by atoms with Crippen LogP contribution in [-0.4, -0.2) is 28.0 Å². The molecule has 2 aliphatic rings. The molecule has 1 aromatic carbocycles. The zero-order valence-corrected chi connectivity index (χ0v) is 15.5. The summed E-state index contributed by atoms with van der Waals surface area (Å²) in [5, 5.41) is 15.8. The second-order valence-corrected chi connectivity index (χ2v) is 8.85. The molecule has 128 valence electrons. The second-order valence-electron chi connectivity index (χ2n) is 5.79. The average molecular weight is 391 g/mol. The van der Waals surface area contributed by atoms with Crippen molar-refractivity contribution < 1.29 is 9.47 Å². The van der Waals surface area contributed by atoms with Crippen molar-refractivity contribution in [2.75, 3.05) is 12.1 Å². The summed E-state index contributed by atoms with van der Waals surface area (Å²) < 4.78 is 11.8. The van der Waals surface area contributed by atoms with Crippen LogP contribution in [0, 0.1) is 0 Å². The first-order chi connectivity index (χ1) is 12.3. The van der Waals surface area contributed by atoms with Crippen molar-refractivity contribution in [3.05, 3.63) is 29.3 Å². The number of anilines is 1. The number of hydrogen-bond acceptors (Lipinski definition) is 9. The maximum Gasteiger partial charge on any atom is 0.231 e. The third kappa shape index (κ3) is 3.44. The molecular formula is C16H14N4O2S3. The first kappa shape index (κ1) is 15.4. The molecule has 1 fully saturated rings. The van der Waals surface area contributed by atoms with E-state index in [9.17, 15) is 0 Å². The van der Waals surface area contributed by atoms with Gasteiger partial charge in [-0.05, 0) is 31.0 Å². The number of nitrogens with zero attached hydrogens (tertiary/aromatic N) is 3. The largest absolute Gasteiger partial charge is 0.454 e. The van der Waals surface area contributed by atoms with Crippen LogP contribution in [0.1, 0.15) is 18.5 Å². The van der Waals surface area contributed by atoms with Gasteiger partial charge in [-0.3, -0.25) is 0 Å². The molecule has 0 spiro atoms. The normalized spacial score (nSPS) is 15.5. The Morgan fingerprint density at radius 1 is 1.20 bits per heavy atom. The van der Waals surface area contributed by atoms with E-state index in [1.54, 1.807) is 34.4 Å². The zero-order valence-electron chi connectivity index (χ0n) is 13.1. The van der Waals surface area contributed by atoms with E-state index < -0.39 is 0 Å². The van der Waals surface area contributed by atoms with Crippen molar-refractivity contribution in [1.29, 1.82) is 0 Å². The van der Waals surface area contributed by atoms with E-state index in [-0.39, 0.29) is 6.79 Å². The summed E-state index contributed by atoms with van der Waals surface area (Å²) in [7, 11) is 0. The van der Waals surface area contributed by atoms with Crippen LogP contribution in [0.4, 0.5) is 5.13 Å². The minimum Gasteiger partial charge on any atom is -0.454 e. The Morgan fingerprint density at radius 2 is 2.12 bits per heavy atom. The minimum atomic E-state index is 0.290. The Labute approximate surface area is 156 Å². The van der Waals surface area contributed by atoms with Crippen LogP contribution in [0.3, 0.4) is 0 Å². The van der Waals surface area contributed by atoms with Crippen molar-refractivity contribution in [1.82, 2.24) is 15.2 Å². The van der Waals surface area contributed by atoms with Gasteiger partial charge in [-0.25, -0.2) is 4.98 Å². The number of aromatic nitrogens is 3. The van der Waals surface area contributed by atoms with Gasteiger partial charge in [0.1, 0.15) is 5.01 Å². The molecule has 1 aliphatic carbocycles. The fourth-order valence-corrected chi connectivity index (χ4v) is 5.04. The molecule has 1 N–H and O–H groups in total. The Hall–Kier alpha value is -1.84. The third-order valence-corrected chi connectivity index (χ3v) is 6.79. The van der Waals surface area contributed by atoms with Crippen molar-refractivity contribution in [2.24, 2.45) is 0 Å². The van der Waals surface area contributed by atoms with Crippen LogP contribution in [0.2, 0.25) is 0 Å². The lowest BCUT2D eigenvalue weighted by molar-refractivity contribution is 0.174. The lowest BCUT2D eigenvalue weighted by Gasteiger charge is -1.99. The summed E-state index contributed by atoms with van der Waals surface area (Å²) in [4.78, 5) is 4.73. The Kier molecular flexibility index (Phi) is 3.99. The van der Waals surface area contributed by atoms with Gasteiger partial charge < -0.3 is 14.8 Å². The smallest absolute Gasteiger partial charge is 0.231 e. The lowest BCUT2D eigenvalue weighted by Crippen LogP contribution is -1.99. The predicted molar refractivity (Wildman–Crippen MR) is 99.8 cm³/mol. The van der Waals surface area contributed by atoms with Gasteiger partial charge in [0.05, 0.1) is 5.69 Å². The monoisotopic (exact) mass is 390 g/mol. The Morgan fingerprint density at radius 3 is 3.04 bits per heavy atom. The molecule has 1 saturated carbocycles. The molecule has 0 unspecified atom stereocenters. The number of ether oxygens (including phenoxy) is 2. The number of thiazole rings is 1. The number of thioether (sulfide) groups is 1. The average Bonchev–Trinajstić information content (AvgIpc) is 3.06. The van der Waals surface area contributed by atoms with Crippen LogP contribution in [0.25, 0.3) is 10.6 Å². The van der Waals surface area contributed by atoms with Crippen LogP contribution in [-0.2, 0) is 5.75 Å². The first-order valence-electron chi connectivity index (χ1n) is 7.91. The van der Waals surface area contributed by atoms with Gasteiger partial charge in [-0.15, -0.1) is 21.5 Å². The lowest BCUT2D eigenvalue weighted by atomic mass is 10.2. The van der Waals surface area contributed by atoms with Gasteiger partial charge in [0, 0.05) is 22.7 Å². The van der Waals surface area contributed by atoms with E-state index in [1.165, 1.54) is 12.8 Å². The standard InChI is InChI=1S/C16H14N4O2S3/c1-4-12-13(22-8-21-12)5-9(1)14-17-11(6-23-14)7-24-16-20-19-15(25-16)18-10-2-3-10/h1,4-6,10H,2-3,7-8H2,(H,18,19). The summed E-state index contributed by atoms with van der Waals surface area (Å²) in [5.74, 6) is 2.37. The molecule has 0 bridgehead atoms. The first-order valence-corrected chi connectivity index (χ1v) is 10.6. The van der Waals surface area contributed by atoms with E-state index in [0.29, 0.717) is 6.04 Å². The fraction of sp³-hybridized carbons (Fsp3) is 0.312. The Bertz CT molecular complexity index is 906. The SMILES string of the molecule is c1cc2c(cc1-c1nc(CSc3nnc(NC4CC4)s3)cs1)OCO2. The van der Waals surface area contributed by atoms with Gasteiger partial charge in [-0.2, -0.15) is 0 Å². The molecule has 3 heterocycles. The summed E-state index contributed by atoms with van der Waals surface area (Å²) in [6.45, 7) is 0.290. The van der Waals surface area contributed by atoms with Crippen LogP contribution >= 0.6 is 34.4 Å². The molecule has 2 aromatic heterocycles. The molecule has 0 amide bonds. The molecule has 0 saturated heterocycles. The van der Waals surface area contributed by atoms with Gasteiger partial charge in [0.25, 0.3) is 0 Å². The molecule has 5 rings (SSSR count). The molecule has 6 nitrogen and oxygen atoms in total. The van der Waals surface area contributed by atoms with Gasteiger partial charge in [0.15, 0.2) is 15.8 Å². The number of fused-ring (bicyclic) bond motifs is 1. The molecule has 1 aliphatic heterocycles. The third-order valence-electron chi connectivity index (χ3n) is 3.83. The van der Waals surface area contributed by atoms with Crippen LogP contribution in [0.5, 0.6) is 11.5 Å². The highest BCUT2D eigenvalue weighted by molar-refractivity contribution is 8.00. The molecule has 9 heteroatoms. The highest BCUT2D eigenvalue weighted by atomic mass is 32.2. The van der Waals surface area contributed by atoms with Gasteiger partial charge in [0.2, 0.25) is 11.9 Å². The summed E-state index contributed by atoms with van der Waals surface area (Å²) in [6, 6.07) is 6.54. The minimum absolute atomic E-state index is 0.290. The molecular weight excluding hydrogens is 376 g/mol. The number of hydrogen-bond donors (Lipinski definition) is 1. The maximum absolute atomic E-state index is 5.44. The Balaban J connectivity index is 1.24. The van der Waals surface area contributed by atoms with E-state index in [1.807, 2.05) is 18.2 Å². The van der Waals surface area contributed by atoms with E-state index in [2.05, 4.69) is 20.9 Å². The number of benzene rings is 1. The van der Waals surface area contributed by atoms with E-state index in [4.69, 9.17) is 14.5 Å². The molecule has 0 radical (unpaired) electrons. The summed E-state index contributed by atoms with van der Waals surface area (Å²) in [6.07, 6.45) is 2.48. The van der Waals surface area contributed by atoms with Crippen molar-refractivity contribution in [3.8, 4) is 22.1 Å². The number of nitrogens with one attached hydrogen (secondary N) is 1. The summed E-state index contributed by atoms with van der Waals surface area (Å²) >= 11 is 4.93. The van der Waals surface area contributed by atoms with Crippen LogP contribution in [0.15, 0.2) is 27.9 Å². The second kappa shape index (κ2) is 6.47.